The van der Waals surface area contributed by atoms with Crippen molar-refractivity contribution in [2.24, 2.45) is 0 Å². The van der Waals surface area contributed by atoms with Gasteiger partial charge in [-0.1, -0.05) is 313 Å². The Morgan fingerprint density at radius 2 is 0.831 bits per heavy atom. The Kier molecular flexibility index (Phi) is 56.8. The van der Waals surface area contributed by atoms with Crippen LogP contribution in [0.15, 0.2) is 48.6 Å². The van der Waals surface area contributed by atoms with E-state index in [1.807, 2.05) is 6.08 Å². The van der Waals surface area contributed by atoms with Gasteiger partial charge in [-0.25, -0.2) is 0 Å². The van der Waals surface area contributed by atoms with Crippen molar-refractivity contribution >= 4 is 11.9 Å². The van der Waals surface area contributed by atoms with E-state index in [0.717, 1.165) is 83.5 Å². The summed E-state index contributed by atoms with van der Waals surface area (Å²) >= 11 is 0. The lowest BCUT2D eigenvalue weighted by atomic mass is 9.99. The first-order chi connectivity index (χ1) is 40.7. The molecule has 6 N–H and O–H groups in total. The summed E-state index contributed by atoms with van der Waals surface area (Å²) in [6.07, 6.45) is 64.3. The smallest absolute Gasteiger partial charge is 0.306 e. The fraction of sp³-hybridized carbons (Fsp3) is 0.861. The summed E-state index contributed by atoms with van der Waals surface area (Å²) in [5.41, 5.74) is 0. The Labute approximate surface area is 510 Å². The van der Waals surface area contributed by atoms with Crippen LogP contribution in [0.3, 0.4) is 0 Å². The minimum atomic E-state index is -1.61. The first-order valence-corrected chi connectivity index (χ1v) is 35.4. The molecule has 0 aliphatic carbocycles. The van der Waals surface area contributed by atoms with Gasteiger partial charge in [0.15, 0.2) is 12.4 Å². The SMILES string of the molecule is CCCCC/C=C\C/C=C\C/C=C\CCCCCCCC(O)C(=O)NC(COC1OC(CO)C(O)C(O)C1OC(=O)CCCCCCCCCCCCCCCCCCCCCCCCC)C(O)/C=C/CCCCCCCCCCCCC. The molecule has 0 spiro atoms. The van der Waals surface area contributed by atoms with Gasteiger partial charge in [-0.15, -0.1) is 0 Å². The first kappa shape index (κ1) is 78.6. The van der Waals surface area contributed by atoms with Crippen LogP contribution < -0.4 is 5.32 Å². The van der Waals surface area contributed by atoms with Crippen molar-refractivity contribution in [3.05, 3.63) is 48.6 Å². The molecular weight excluding hydrogens is 1040 g/mol. The number of hydrogen-bond acceptors (Lipinski definition) is 10. The Hall–Kier alpha value is -2.38. The molecule has 0 radical (unpaired) electrons. The minimum Gasteiger partial charge on any atom is -0.454 e. The molecule has 0 bridgehead atoms. The van der Waals surface area contributed by atoms with E-state index in [1.165, 1.54) is 205 Å². The number of esters is 1. The molecule has 11 heteroatoms. The highest BCUT2D eigenvalue weighted by atomic mass is 16.7. The molecule has 1 aliphatic heterocycles. The standard InChI is InChI=1S/C72H133NO10/c1-4-7-10-13-16-19-22-25-27-29-31-32-33-34-35-37-39-42-45-48-51-54-57-60-67(77)83-70-69(79)68(78)66(61-74)82-72(70)81-62-63(64(75)58-55-52-49-46-43-40-24-21-18-15-12-9-6-3)73-71(80)65(76)59-56-53-50-47-44-41-38-36-30-28-26-23-20-17-14-11-8-5-2/h17,20,26,28,36,38,55,58,63-66,68-70,72,74-76,78-79H,4-16,18-19,21-25,27,29-35,37,39-54,56-57,59-62H2,1-3H3,(H,73,80)/b20-17-,28-26-,38-36-,58-55+. The van der Waals surface area contributed by atoms with Crippen molar-refractivity contribution < 1.29 is 49.3 Å². The van der Waals surface area contributed by atoms with Gasteiger partial charge >= 0.3 is 5.97 Å². The van der Waals surface area contributed by atoms with Gasteiger partial charge in [0.25, 0.3) is 0 Å². The number of aliphatic hydroxyl groups excluding tert-OH is 5. The number of allylic oxidation sites excluding steroid dienone is 7. The average Bonchev–Trinajstić information content (AvgIpc) is 3.54. The molecule has 0 aromatic rings. The number of hydrogen-bond donors (Lipinski definition) is 6. The number of carbonyl (C=O) groups is 2. The van der Waals surface area contributed by atoms with Crippen LogP contribution in [0.25, 0.3) is 0 Å². The van der Waals surface area contributed by atoms with Crippen LogP contribution in [0.4, 0.5) is 0 Å². The van der Waals surface area contributed by atoms with E-state index < -0.39 is 67.4 Å². The molecule has 1 heterocycles. The van der Waals surface area contributed by atoms with Crippen molar-refractivity contribution in [2.45, 2.75) is 384 Å². The predicted octanol–water partition coefficient (Wildman–Crippen LogP) is 18.0. The Morgan fingerprint density at radius 1 is 0.470 bits per heavy atom. The summed E-state index contributed by atoms with van der Waals surface area (Å²) in [4.78, 5) is 26.7. The normalized spacial score (nSPS) is 18.8. The molecule has 486 valence electrons. The highest BCUT2D eigenvalue weighted by Gasteiger charge is 2.47. The summed E-state index contributed by atoms with van der Waals surface area (Å²) in [5, 5.41) is 57.2. The van der Waals surface area contributed by atoms with Crippen LogP contribution in [0.2, 0.25) is 0 Å². The lowest BCUT2D eigenvalue weighted by Gasteiger charge is -2.41. The zero-order chi connectivity index (χ0) is 60.3. The molecular formula is C72H133NO10. The van der Waals surface area contributed by atoms with Crippen molar-refractivity contribution in [3.8, 4) is 0 Å². The molecule has 1 fully saturated rings. The third kappa shape index (κ3) is 47.4. The van der Waals surface area contributed by atoms with Crippen molar-refractivity contribution in [2.75, 3.05) is 13.2 Å². The summed E-state index contributed by atoms with van der Waals surface area (Å²) in [7, 11) is 0. The van der Waals surface area contributed by atoms with E-state index in [9.17, 15) is 35.1 Å². The Morgan fingerprint density at radius 3 is 1.27 bits per heavy atom. The second kappa shape index (κ2) is 59.9. The molecule has 1 amide bonds. The quantitative estimate of drug-likeness (QED) is 0.0195. The molecule has 8 unspecified atom stereocenters. The number of amides is 1. The maximum atomic E-state index is 13.5. The predicted molar refractivity (Wildman–Crippen MR) is 347 cm³/mol. The van der Waals surface area contributed by atoms with Crippen LogP contribution in [0.5, 0.6) is 0 Å². The van der Waals surface area contributed by atoms with Gasteiger partial charge in [0.1, 0.15) is 24.4 Å². The summed E-state index contributed by atoms with van der Waals surface area (Å²) in [6.45, 7) is 5.80. The molecule has 8 atom stereocenters. The zero-order valence-corrected chi connectivity index (χ0v) is 54.1. The minimum absolute atomic E-state index is 0.126. The Balaban J connectivity index is 2.60. The van der Waals surface area contributed by atoms with Gasteiger partial charge in [0, 0.05) is 6.42 Å². The van der Waals surface area contributed by atoms with Crippen molar-refractivity contribution in [1.29, 1.82) is 0 Å². The summed E-state index contributed by atoms with van der Waals surface area (Å²) < 4.78 is 17.7. The summed E-state index contributed by atoms with van der Waals surface area (Å²) in [5.74, 6) is -1.19. The third-order valence-corrected chi connectivity index (χ3v) is 16.7. The first-order valence-electron chi connectivity index (χ1n) is 35.4. The van der Waals surface area contributed by atoms with E-state index in [-0.39, 0.29) is 19.4 Å². The van der Waals surface area contributed by atoms with Crippen molar-refractivity contribution in [1.82, 2.24) is 5.32 Å². The van der Waals surface area contributed by atoms with Gasteiger partial charge in [0.2, 0.25) is 5.91 Å². The highest BCUT2D eigenvalue weighted by molar-refractivity contribution is 5.80. The molecule has 0 saturated carbocycles. The second-order valence-corrected chi connectivity index (χ2v) is 24.6. The molecule has 1 aliphatic rings. The molecule has 1 rings (SSSR count). The van der Waals surface area contributed by atoms with E-state index >= 15 is 0 Å². The molecule has 0 aromatic carbocycles. The highest BCUT2D eigenvalue weighted by Crippen LogP contribution is 2.26. The van der Waals surface area contributed by atoms with Crippen LogP contribution in [0.1, 0.15) is 335 Å². The second-order valence-electron chi connectivity index (χ2n) is 24.6. The third-order valence-electron chi connectivity index (χ3n) is 16.7. The number of ether oxygens (including phenoxy) is 3. The zero-order valence-electron chi connectivity index (χ0n) is 54.1. The van der Waals surface area contributed by atoms with Crippen LogP contribution in [-0.2, 0) is 23.8 Å². The maximum Gasteiger partial charge on any atom is 0.306 e. The van der Waals surface area contributed by atoms with E-state index in [2.05, 4.69) is 62.5 Å². The topological polar surface area (TPSA) is 175 Å². The molecule has 11 nitrogen and oxygen atoms in total. The molecule has 83 heavy (non-hydrogen) atoms. The summed E-state index contributed by atoms with van der Waals surface area (Å²) in [6, 6.07) is -1.03. The van der Waals surface area contributed by atoms with Crippen LogP contribution >= 0.6 is 0 Å². The van der Waals surface area contributed by atoms with Gasteiger partial charge in [-0.2, -0.15) is 0 Å². The van der Waals surface area contributed by atoms with Crippen LogP contribution in [0, 0.1) is 0 Å². The number of aliphatic hydroxyl groups is 5. The lowest BCUT2D eigenvalue weighted by molar-refractivity contribution is -0.305. The maximum absolute atomic E-state index is 13.5. The van der Waals surface area contributed by atoms with Gasteiger partial charge in [-0.3, -0.25) is 9.59 Å². The van der Waals surface area contributed by atoms with E-state index in [1.54, 1.807) is 6.08 Å². The van der Waals surface area contributed by atoms with Gasteiger partial charge in [0.05, 0.1) is 25.4 Å². The number of rotatable bonds is 61. The average molecular weight is 1170 g/mol. The fourth-order valence-corrected chi connectivity index (χ4v) is 11.1. The van der Waals surface area contributed by atoms with E-state index in [0.29, 0.717) is 12.8 Å². The van der Waals surface area contributed by atoms with E-state index in [4.69, 9.17) is 14.2 Å². The largest absolute Gasteiger partial charge is 0.454 e. The number of unbranched alkanes of at least 4 members (excludes halogenated alkanes) is 41. The monoisotopic (exact) mass is 1170 g/mol. The number of nitrogens with one attached hydrogen (secondary N) is 1. The van der Waals surface area contributed by atoms with Crippen LogP contribution in [-0.4, -0.2) is 99.6 Å². The van der Waals surface area contributed by atoms with Crippen molar-refractivity contribution in [3.63, 3.8) is 0 Å². The lowest BCUT2D eigenvalue weighted by Crippen LogP contribution is -2.61. The number of carbonyl (C=O) groups excluding carboxylic acids is 2. The van der Waals surface area contributed by atoms with Gasteiger partial charge in [-0.05, 0) is 64.2 Å². The Bertz CT molecular complexity index is 1540. The molecule has 1 saturated heterocycles. The molecule has 0 aromatic heterocycles. The van der Waals surface area contributed by atoms with Gasteiger partial charge < -0.3 is 45.1 Å². The fourth-order valence-electron chi connectivity index (χ4n) is 11.1.